The van der Waals surface area contributed by atoms with Crippen LogP contribution in [-0.4, -0.2) is 36.2 Å². The highest BCUT2D eigenvalue weighted by Crippen LogP contribution is 2.12. The summed E-state index contributed by atoms with van der Waals surface area (Å²) in [5.41, 5.74) is 0. The number of hydrogen-bond acceptors (Lipinski definition) is 4. The Hall–Kier alpha value is -1.10. The van der Waals surface area contributed by atoms with Crippen molar-refractivity contribution in [2.75, 3.05) is 13.2 Å². The number of rotatable bonds is 26. The number of esters is 1. The molecule has 0 aromatic carbocycles. The molecule has 2 N–H and O–H groups in total. The number of carboxylic acid groups (broad SMARTS) is 1. The fourth-order valence-electron chi connectivity index (χ4n) is 4.14. The van der Waals surface area contributed by atoms with Crippen LogP contribution in [0.5, 0.6) is 0 Å². The van der Waals surface area contributed by atoms with Crippen LogP contribution in [0.2, 0.25) is 0 Å². The van der Waals surface area contributed by atoms with Crippen LogP contribution >= 0.6 is 0 Å². The molecule has 0 radical (unpaired) electrons. The normalized spacial score (nSPS) is 12.1. The van der Waals surface area contributed by atoms with Crippen LogP contribution in [0.15, 0.2) is 0 Å². The quantitative estimate of drug-likeness (QED) is 0.0998. The van der Waals surface area contributed by atoms with E-state index in [1.54, 1.807) is 0 Å². The van der Waals surface area contributed by atoms with Crippen molar-refractivity contribution in [1.82, 2.24) is 5.32 Å². The average molecular weight is 470 g/mol. The summed E-state index contributed by atoms with van der Waals surface area (Å²) in [6.07, 6.45) is 24.8. The minimum Gasteiger partial charge on any atom is -0.480 e. The van der Waals surface area contributed by atoms with Crippen molar-refractivity contribution in [2.45, 2.75) is 155 Å². The van der Waals surface area contributed by atoms with E-state index >= 15 is 0 Å². The van der Waals surface area contributed by atoms with Crippen LogP contribution in [0.25, 0.3) is 0 Å². The summed E-state index contributed by atoms with van der Waals surface area (Å²) in [5, 5.41) is 12.4. The molecule has 0 fully saturated rings. The van der Waals surface area contributed by atoms with Gasteiger partial charge in [-0.3, -0.25) is 9.59 Å². The van der Waals surface area contributed by atoms with Crippen molar-refractivity contribution in [1.29, 1.82) is 0 Å². The molecule has 0 aromatic rings. The zero-order valence-corrected chi connectivity index (χ0v) is 22.0. The highest BCUT2D eigenvalue weighted by Gasteiger charge is 2.21. The van der Waals surface area contributed by atoms with E-state index < -0.39 is 18.0 Å². The summed E-state index contributed by atoms with van der Waals surface area (Å²) in [5.74, 6) is -1.38. The van der Waals surface area contributed by atoms with Crippen molar-refractivity contribution < 1.29 is 19.4 Å². The second kappa shape index (κ2) is 25.5. The number of unbranched alkanes of at least 4 members (excludes halogenated alkanes) is 18. The van der Waals surface area contributed by atoms with Gasteiger partial charge in [0, 0.05) is 0 Å². The molecule has 1 atom stereocenters. The molecule has 0 aliphatic carbocycles. The molecule has 0 aromatic heterocycles. The first kappa shape index (κ1) is 31.9. The molecule has 0 bridgehead atoms. The van der Waals surface area contributed by atoms with Gasteiger partial charge in [-0.25, -0.2) is 0 Å². The van der Waals surface area contributed by atoms with E-state index in [0.717, 1.165) is 25.7 Å². The molecule has 0 saturated heterocycles. The van der Waals surface area contributed by atoms with E-state index in [4.69, 9.17) is 4.74 Å². The predicted molar refractivity (Wildman–Crippen MR) is 139 cm³/mol. The first-order valence-corrected chi connectivity index (χ1v) is 14.2. The van der Waals surface area contributed by atoms with Gasteiger partial charge in [-0.15, -0.1) is 0 Å². The number of carbonyl (C=O) groups excluding carboxylic acids is 1. The van der Waals surface area contributed by atoms with E-state index in [1.807, 2.05) is 0 Å². The maximum absolute atomic E-state index is 12.0. The number of nitrogens with one attached hydrogen (secondary N) is 1. The van der Waals surface area contributed by atoms with Crippen molar-refractivity contribution in [2.24, 2.45) is 0 Å². The third kappa shape index (κ3) is 23.8. The van der Waals surface area contributed by atoms with Crippen molar-refractivity contribution >= 4 is 11.9 Å². The lowest BCUT2D eigenvalue weighted by Crippen LogP contribution is -2.39. The fraction of sp³-hybridized carbons (Fsp3) is 0.929. The van der Waals surface area contributed by atoms with E-state index in [9.17, 15) is 14.7 Å². The van der Waals surface area contributed by atoms with Crippen molar-refractivity contribution in [3.05, 3.63) is 0 Å². The van der Waals surface area contributed by atoms with Gasteiger partial charge >= 0.3 is 11.9 Å². The lowest BCUT2D eigenvalue weighted by atomic mass is 10.1. The molecule has 0 amide bonds. The molecule has 0 rings (SSSR count). The third-order valence-corrected chi connectivity index (χ3v) is 6.35. The van der Waals surface area contributed by atoms with Crippen molar-refractivity contribution in [3.63, 3.8) is 0 Å². The summed E-state index contributed by atoms with van der Waals surface area (Å²) in [4.78, 5) is 23.4. The molecule has 196 valence electrons. The second-order valence-corrected chi connectivity index (χ2v) is 9.63. The Bertz CT molecular complexity index is 442. The van der Waals surface area contributed by atoms with Gasteiger partial charge in [-0.2, -0.15) is 0 Å². The first-order chi connectivity index (χ1) is 16.1. The van der Waals surface area contributed by atoms with Gasteiger partial charge in [0.15, 0.2) is 0 Å². The standard InChI is InChI=1S/C28H55NO4/c1-3-5-7-9-11-13-14-15-16-17-19-21-23-29-26(28(31)32)25-27(30)33-24-22-20-18-12-10-8-6-4-2/h26,29H,3-25H2,1-2H3,(H,31,32). The molecule has 1 unspecified atom stereocenters. The topological polar surface area (TPSA) is 75.6 Å². The van der Waals surface area contributed by atoms with Gasteiger partial charge in [0.1, 0.15) is 6.04 Å². The Labute approximate surface area is 204 Å². The summed E-state index contributed by atoms with van der Waals surface area (Å²) in [6, 6.07) is -0.844. The number of aliphatic carboxylic acids is 1. The van der Waals surface area contributed by atoms with Crippen LogP contribution in [-0.2, 0) is 14.3 Å². The van der Waals surface area contributed by atoms with Crippen LogP contribution in [0.3, 0.4) is 0 Å². The molecular formula is C28H55NO4. The predicted octanol–water partition coefficient (Wildman–Crippen LogP) is 7.80. The molecule has 5 heteroatoms. The monoisotopic (exact) mass is 469 g/mol. The lowest BCUT2D eigenvalue weighted by Gasteiger charge is -2.14. The number of carboxylic acids is 1. The largest absolute Gasteiger partial charge is 0.480 e. The number of hydrogen-bond donors (Lipinski definition) is 2. The molecule has 0 aliphatic heterocycles. The Kier molecular flexibility index (Phi) is 24.7. The fourth-order valence-corrected chi connectivity index (χ4v) is 4.14. The smallest absolute Gasteiger partial charge is 0.321 e. The Balaban J connectivity index is 3.58. The van der Waals surface area contributed by atoms with Gasteiger partial charge < -0.3 is 15.2 Å². The zero-order valence-electron chi connectivity index (χ0n) is 22.0. The molecule has 0 spiro atoms. The Morgan fingerprint density at radius 2 is 1.03 bits per heavy atom. The van der Waals surface area contributed by atoms with Gasteiger partial charge in [0.25, 0.3) is 0 Å². The highest BCUT2D eigenvalue weighted by atomic mass is 16.5. The second-order valence-electron chi connectivity index (χ2n) is 9.63. The molecule has 5 nitrogen and oxygen atoms in total. The molecule has 0 aliphatic rings. The number of ether oxygens (including phenoxy) is 1. The third-order valence-electron chi connectivity index (χ3n) is 6.35. The molecule has 33 heavy (non-hydrogen) atoms. The van der Waals surface area contributed by atoms with Gasteiger partial charge in [-0.05, 0) is 19.4 Å². The van der Waals surface area contributed by atoms with Gasteiger partial charge in [0.05, 0.1) is 13.0 Å². The van der Waals surface area contributed by atoms with Gasteiger partial charge in [-0.1, -0.05) is 129 Å². The minimum absolute atomic E-state index is 0.0927. The van der Waals surface area contributed by atoms with Gasteiger partial charge in [0.2, 0.25) is 0 Å². The van der Waals surface area contributed by atoms with E-state index in [-0.39, 0.29) is 6.42 Å². The SMILES string of the molecule is CCCCCCCCCCCCCCNC(CC(=O)OCCCCCCCCCC)C(=O)O. The molecule has 0 heterocycles. The Morgan fingerprint density at radius 3 is 1.45 bits per heavy atom. The van der Waals surface area contributed by atoms with E-state index in [2.05, 4.69) is 19.2 Å². The van der Waals surface area contributed by atoms with E-state index in [1.165, 1.54) is 103 Å². The highest BCUT2D eigenvalue weighted by molar-refractivity contribution is 5.81. The minimum atomic E-state index is -0.974. The summed E-state index contributed by atoms with van der Waals surface area (Å²) >= 11 is 0. The summed E-state index contributed by atoms with van der Waals surface area (Å²) in [7, 11) is 0. The van der Waals surface area contributed by atoms with E-state index in [0.29, 0.717) is 13.2 Å². The van der Waals surface area contributed by atoms with Crippen LogP contribution in [0.4, 0.5) is 0 Å². The van der Waals surface area contributed by atoms with Crippen molar-refractivity contribution in [3.8, 4) is 0 Å². The maximum atomic E-state index is 12.0. The summed E-state index contributed by atoms with van der Waals surface area (Å²) in [6.45, 7) is 5.52. The summed E-state index contributed by atoms with van der Waals surface area (Å²) < 4.78 is 5.24. The van der Waals surface area contributed by atoms with Crippen LogP contribution in [0.1, 0.15) is 149 Å². The first-order valence-electron chi connectivity index (χ1n) is 14.2. The van der Waals surface area contributed by atoms with Crippen LogP contribution in [0, 0.1) is 0 Å². The Morgan fingerprint density at radius 1 is 0.636 bits per heavy atom. The zero-order chi connectivity index (χ0) is 24.4. The average Bonchev–Trinajstić information content (AvgIpc) is 2.80. The molecule has 0 saturated carbocycles. The number of carbonyl (C=O) groups is 2. The lowest BCUT2D eigenvalue weighted by molar-refractivity contribution is -0.149. The molecular weight excluding hydrogens is 414 g/mol. The maximum Gasteiger partial charge on any atom is 0.321 e. The van der Waals surface area contributed by atoms with Crippen LogP contribution < -0.4 is 5.32 Å².